The summed E-state index contributed by atoms with van der Waals surface area (Å²) in [4.78, 5) is 24.1. The van der Waals surface area contributed by atoms with Crippen LogP contribution in [0.2, 0.25) is 0 Å². The van der Waals surface area contributed by atoms with E-state index >= 15 is 0 Å². The Labute approximate surface area is 273 Å². The third-order valence-corrected chi connectivity index (χ3v) is 13.6. The van der Waals surface area contributed by atoms with Gasteiger partial charge in [-0.25, -0.2) is 0 Å². The molecule has 2 aromatic heterocycles. The van der Waals surface area contributed by atoms with Gasteiger partial charge in [0.2, 0.25) is 0 Å². The third kappa shape index (κ3) is 24.3. The monoisotopic (exact) mass is 768 g/mol. The van der Waals surface area contributed by atoms with Crippen molar-refractivity contribution < 1.29 is 48.5 Å². The van der Waals surface area contributed by atoms with Gasteiger partial charge in [0.05, 0.1) is 22.6 Å². The summed E-state index contributed by atoms with van der Waals surface area (Å²) in [6.07, 6.45) is 6.27. The Kier molecular flexibility index (Phi) is 36.8. The Bertz CT molecular complexity index is 695. The fourth-order valence-electron chi connectivity index (χ4n) is 4.27. The Morgan fingerprint density at radius 2 is 0.900 bits per heavy atom. The van der Waals surface area contributed by atoms with E-state index in [-0.39, 0.29) is 54.8 Å². The van der Waals surface area contributed by atoms with E-state index in [4.69, 9.17) is 9.59 Å². The fraction of sp³-hybridized carbons (Fsp3) is 0.600. The van der Waals surface area contributed by atoms with Gasteiger partial charge in [0.15, 0.2) is 0 Å². The van der Waals surface area contributed by atoms with Crippen molar-refractivity contribution in [3.8, 4) is 0 Å². The van der Waals surface area contributed by atoms with Crippen LogP contribution in [0.25, 0.3) is 10.6 Å². The van der Waals surface area contributed by atoms with Crippen molar-refractivity contribution in [2.45, 2.75) is 91.1 Å². The van der Waals surface area contributed by atoms with Crippen LogP contribution in [-0.2, 0) is 61.6 Å². The topological polar surface area (TPSA) is 88.1 Å². The van der Waals surface area contributed by atoms with E-state index < -0.39 is 0 Å². The van der Waals surface area contributed by atoms with Gasteiger partial charge in [-0.05, 0) is 79.7 Å². The summed E-state index contributed by atoms with van der Waals surface area (Å²) in [6, 6.07) is 12.0. The minimum atomic E-state index is -0.247. The maximum absolute atomic E-state index is 7.75. The first-order valence-corrected chi connectivity index (χ1v) is 17.2. The predicted molar refractivity (Wildman–Crippen MR) is 176 cm³/mol. The molecule has 10 heteroatoms. The molecule has 2 heterocycles. The van der Waals surface area contributed by atoms with Crippen LogP contribution in [0, 0.1) is 0 Å². The van der Waals surface area contributed by atoms with Gasteiger partial charge in [-0.2, -0.15) is 0 Å². The summed E-state index contributed by atoms with van der Waals surface area (Å²) in [6.45, 7) is 28.9. The normalized spacial score (nSPS) is 10.2. The second-order valence-electron chi connectivity index (χ2n) is 10.1. The summed E-state index contributed by atoms with van der Waals surface area (Å²) in [7, 11) is -0.493. The Morgan fingerprint density at radius 1 is 0.600 bits per heavy atom. The zero-order valence-corrected chi connectivity index (χ0v) is 31.4. The number of hydrogen-bond donors (Lipinski definition) is 0. The van der Waals surface area contributed by atoms with Crippen molar-refractivity contribution in [3.05, 3.63) is 70.8 Å². The summed E-state index contributed by atoms with van der Waals surface area (Å²) in [5, 5.41) is 9.22. The van der Waals surface area contributed by atoms with E-state index in [1.165, 1.54) is 12.3 Å². The van der Waals surface area contributed by atoms with Gasteiger partial charge in [0.25, 0.3) is 0 Å². The molecule has 0 N–H and O–H groups in total. The molecule has 40 heavy (non-hydrogen) atoms. The molecule has 2 aromatic rings. The first-order chi connectivity index (χ1) is 18.2. The first-order valence-electron chi connectivity index (χ1n) is 13.5. The fourth-order valence-corrected chi connectivity index (χ4v) is 10.1. The molecule has 0 aromatic carbocycles. The number of aromatic nitrogens is 2. The second kappa shape index (κ2) is 31.6. The SMILES string of the molecule is CC(C)[PH+](CC[N-]Cc1ccccn1)C(C)C.CC(C)[PH+](CC[N-]Cc1ccccn1)C(C)C.[CH-]=O.[CH-]=O.[RuH+3].[RuH+3]. The number of rotatable bonds is 14. The van der Waals surface area contributed by atoms with Crippen molar-refractivity contribution in [3.63, 3.8) is 0 Å². The van der Waals surface area contributed by atoms with E-state index in [0.717, 1.165) is 60.2 Å². The van der Waals surface area contributed by atoms with E-state index in [2.05, 4.69) is 89.6 Å². The molecule has 0 unspecified atom stereocenters. The molecular weight excluding hydrogens is 712 g/mol. The van der Waals surface area contributed by atoms with Crippen molar-refractivity contribution >= 4 is 29.4 Å². The molecule has 2 rings (SSSR count). The molecule has 0 amide bonds. The van der Waals surface area contributed by atoms with Gasteiger partial charge in [0.1, 0.15) is 0 Å². The molecule has 2 radical (unpaired) electrons. The zero-order chi connectivity index (χ0) is 29.3. The molecular formula is C30H54N4O2P2Ru2+4. The number of nitrogens with zero attached hydrogens (tertiary/aromatic N) is 4. The Balaban J connectivity index is -0.000000276. The summed E-state index contributed by atoms with van der Waals surface area (Å²) in [5.41, 5.74) is 5.57. The van der Waals surface area contributed by atoms with E-state index in [1.54, 1.807) is 0 Å². The van der Waals surface area contributed by atoms with Gasteiger partial charge >= 0.3 is 39.0 Å². The van der Waals surface area contributed by atoms with Gasteiger partial charge in [-0.1, -0.05) is 12.1 Å². The number of hydrogen-bond acceptors (Lipinski definition) is 4. The second-order valence-corrected chi connectivity index (χ2v) is 18.0. The molecule has 0 aliphatic rings. The Hall–Kier alpha value is -0.333. The van der Waals surface area contributed by atoms with E-state index in [1.807, 2.05) is 48.8 Å². The molecule has 228 valence electrons. The number of carbonyl (C=O) groups excluding carboxylic acids is 2. The molecule has 0 spiro atoms. The molecule has 0 bridgehead atoms. The van der Waals surface area contributed by atoms with E-state index in [0.29, 0.717) is 0 Å². The van der Waals surface area contributed by atoms with Crippen LogP contribution in [-0.4, -0.2) is 71.6 Å². The van der Waals surface area contributed by atoms with Gasteiger partial charge < -0.3 is 20.2 Å². The van der Waals surface area contributed by atoms with E-state index in [9.17, 15) is 0 Å². The molecule has 0 aliphatic carbocycles. The quantitative estimate of drug-likeness (QED) is 0.0690. The molecule has 0 aliphatic heterocycles. The maximum atomic E-state index is 7.75. The molecule has 0 saturated carbocycles. The van der Waals surface area contributed by atoms with Crippen molar-refractivity contribution in [1.29, 1.82) is 0 Å². The van der Waals surface area contributed by atoms with Crippen molar-refractivity contribution in [2.24, 2.45) is 0 Å². The van der Waals surface area contributed by atoms with Crippen LogP contribution in [0.4, 0.5) is 0 Å². The van der Waals surface area contributed by atoms with Crippen molar-refractivity contribution in [1.82, 2.24) is 9.97 Å². The van der Waals surface area contributed by atoms with Crippen LogP contribution >= 0.6 is 15.8 Å². The average molecular weight is 767 g/mol. The van der Waals surface area contributed by atoms with Gasteiger partial charge in [0, 0.05) is 51.9 Å². The summed E-state index contributed by atoms with van der Waals surface area (Å²) in [5.74, 6) is 0. The Morgan fingerprint density at radius 3 is 1.12 bits per heavy atom. The standard InChI is InChI=1S/2C14H24N2P.2CHO.2Ru.2H/c2*1-12(2)17(13(3)4)10-9-15-11-14-7-5-6-8-16-14;2*1-2;;;;/h2*5-8,12-13H,9-11H2,1-4H3;2*1H;;;;/q4*-1;2*+3;;/p+2. The summed E-state index contributed by atoms with van der Waals surface area (Å²) < 4.78 is 0. The van der Waals surface area contributed by atoms with Crippen LogP contribution in [0.3, 0.4) is 0 Å². The molecule has 0 saturated heterocycles. The van der Waals surface area contributed by atoms with Gasteiger partial charge in [-0.15, -0.1) is 26.2 Å². The van der Waals surface area contributed by atoms with Crippen LogP contribution < -0.4 is 0 Å². The first kappa shape index (κ1) is 46.6. The van der Waals surface area contributed by atoms with Gasteiger partial charge in [-0.3, -0.25) is 23.5 Å². The van der Waals surface area contributed by atoms with Crippen LogP contribution in [0.15, 0.2) is 48.8 Å². The minimum absolute atomic E-state index is 0. The molecule has 6 nitrogen and oxygen atoms in total. The average Bonchev–Trinajstić information content (AvgIpc) is 2.91. The zero-order valence-electron chi connectivity index (χ0n) is 25.7. The molecule has 0 fully saturated rings. The predicted octanol–water partition coefficient (Wildman–Crippen LogP) is 6.88. The summed E-state index contributed by atoms with van der Waals surface area (Å²) >= 11 is 0. The third-order valence-electron chi connectivity index (χ3n) is 6.08. The van der Waals surface area contributed by atoms with Crippen molar-refractivity contribution in [2.75, 3.05) is 25.4 Å². The number of pyridine rings is 2. The van der Waals surface area contributed by atoms with Crippen LogP contribution in [0.5, 0.6) is 0 Å². The van der Waals surface area contributed by atoms with Crippen LogP contribution in [0.1, 0.15) is 66.8 Å². The molecule has 0 atom stereocenters.